The number of pyridine rings is 1. The van der Waals surface area contributed by atoms with Crippen LogP contribution in [-0.4, -0.2) is 43.8 Å². The first-order valence-electron chi connectivity index (χ1n) is 14.6. The first-order chi connectivity index (χ1) is 22.1. The van der Waals surface area contributed by atoms with Crippen LogP contribution in [0.3, 0.4) is 0 Å². The standard InChI is InChI=1S/C36H35F2N2O5S/c1-6-39(27-14-25(37)13-26(38)15-27)36(42)33-20-40(34-19-29(43-2)11-12-32(34)35(33)41)28-16-30(44-3)18-31(17-28)45-21-23-9-7-8-10-24(23)22-46(4)5/h7-20H,6,21-22H2,1-5H3/q+1. The predicted molar refractivity (Wildman–Crippen MR) is 180 cm³/mol. The normalized spacial score (nSPS) is 11.1. The van der Waals surface area contributed by atoms with Crippen LogP contribution in [0.4, 0.5) is 14.5 Å². The third-order valence-corrected chi connectivity index (χ3v) is 8.39. The van der Waals surface area contributed by atoms with Gasteiger partial charge in [-0.2, -0.15) is 0 Å². The Morgan fingerprint density at radius 2 is 1.52 bits per heavy atom. The number of methoxy groups -OCH3 is 2. The largest absolute Gasteiger partial charge is 0.497 e. The number of nitrogens with zero attached hydrogens (tertiary/aromatic N) is 2. The molecule has 0 aliphatic heterocycles. The molecular weight excluding hydrogens is 610 g/mol. The summed E-state index contributed by atoms with van der Waals surface area (Å²) < 4.78 is 47.3. The molecule has 238 valence electrons. The van der Waals surface area contributed by atoms with Gasteiger partial charge in [0.15, 0.2) is 0 Å². The van der Waals surface area contributed by atoms with Crippen molar-refractivity contribution >= 4 is 33.4 Å². The quantitative estimate of drug-likeness (QED) is 0.146. The van der Waals surface area contributed by atoms with Gasteiger partial charge in [0.1, 0.15) is 46.8 Å². The van der Waals surface area contributed by atoms with Gasteiger partial charge in [0.05, 0.1) is 37.9 Å². The molecule has 46 heavy (non-hydrogen) atoms. The molecule has 0 fully saturated rings. The molecule has 1 aromatic heterocycles. The van der Waals surface area contributed by atoms with E-state index in [0.29, 0.717) is 35.1 Å². The van der Waals surface area contributed by atoms with E-state index in [1.807, 2.05) is 18.2 Å². The van der Waals surface area contributed by atoms with E-state index < -0.39 is 23.0 Å². The molecular formula is C36H35F2N2O5S+. The molecule has 0 radical (unpaired) electrons. The van der Waals surface area contributed by atoms with Crippen LogP contribution in [0.25, 0.3) is 16.6 Å². The average molecular weight is 646 g/mol. The number of hydrogen-bond acceptors (Lipinski definition) is 5. The van der Waals surface area contributed by atoms with E-state index in [0.717, 1.165) is 34.4 Å². The van der Waals surface area contributed by atoms with Gasteiger partial charge in [0.2, 0.25) is 5.43 Å². The molecule has 1 amide bonds. The number of amides is 1. The molecule has 5 rings (SSSR count). The number of ether oxygens (including phenoxy) is 3. The second-order valence-electron chi connectivity index (χ2n) is 10.9. The minimum Gasteiger partial charge on any atom is -0.497 e. The lowest BCUT2D eigenvalue weighted by molar-refractivity contribution is 0.0987. The lowest BCUT2D eigenvalue weighted by atomic mass is 10.1. The monoisotopic (exact) mass is 645 g/mol. The fourth-order valence-electron chi connectivity index (χ4n) is 5.29. The number of rotatable bonds is 11. The maximum atomic E-state index is 14.1. The Hall–Kier alpha value is -4.83. The molecule has 0 atom stereocenters. The molecule has 4 aromatic carbocycles. The summed E-state index contributed by atoms with van der Waals surface area (Å²) in [6.45, 7) is 2.06. The summed E-state index contributed by atoms with van der Waals surface area (Å²) in [6, 6.07) is 21.3. The van der Waals surface area contributed by atoms with Crippen molar-refractivity contribution in [2.45, 2.75) is 19.3 Å². The Morgan fingerprint density at radius 1 is 0.848 bits per heavy atom. The van der Waals surface area contributed by atoms with Gasteiger partial charge in [0.25, 0.3) is 5.91 Å². The fourth-order valence-corrected chi connectivity index (χ4v) is 6.19. The van der Waals surface area contributed by atoms with Crippen molar-refractivity contribution in [3.05, 3.63) is 124 Å². The van der Waals surface area contributed by atoms with Crippen molar-refractivity contribution in [1.82, 2.24) is 4.57 Å². The molecule has 1 heterocycles. The van der Waals surface area contributed by atoms with E-state index in [2.05, 4.69) is 18.6 Å². The maximum Gasteiger partial charge on any atom is 0.263 e. The van der Waals surface area contributed by atoms with Crippen molar-refractivity contribution in [3.63, 3.8) is 0 Å². The zero-order chi connectivity index (χ0) is 33.0. The van der Waals surface area contributed by atoms with Crippen LogP contribution in [-0.2, 0) is 23.3 Å². The Bertz CT molecular complexity index is 1940. The zero-order valence-electron chi connectivity index (χ0n) is 26.3. The summed E-state index contributed by atoms with van der Waals surface area (Å²) in [7, 11) is 3.28. The third kappa shape index (κ3) is 7.02. The number of carbonyl (C=O) groups is 1. The van der Waals surface area contributed by atoms with Gasteiger partial charge in [-0.25, -0.2) is 8.78 Å². The molecule has 0 aliphatic rings. The molecule has 10 heteroatoms. The topological polar surface area (TPSA) is 70.0 Å². The number of fused-ring (bicyclic) bond motifs is 1. The number of aromatic nitrogens is 1. The highest BCUT2D eigenvalue weighted by molar-refractivity contribution is 7.94. The number of anilines is 1. The number of carbonyl (C=O) groups excluding carboxylic acids is 1. The smallest absolute Gasteiger partial charge is 0.263 e. The van der Waals surface area contributed by atoms with E-state index >= 15 is 0 Å². The maximum absolute atomic E-state index is 14.1. The minimum atomic E-state index is -0.833. The molecule has 0 spiro atoms. The van der Waals surface area contributed by atoms with Crippen molar-refractivity contribution in [2.24, 2.45) is 0 Å². The molecule has 0 saturated heterocycles. The number of benzene rings is 4. The lowest BCUT2D eigenvalue weighted by Crippen LogP contribution is -2.35. The number of hydrogen-bond donors (Lipinski definition) is 0. The third-order valence-electron chi connectivity index (χ3n) is 7.50. The van der Waals surface area contributed by atoms with E-state index in [4.69, 9.17) is 14.2 Å². The molecule has 5 aromatic rings. The first kappa shape index (κ1) is 32.6. The molecule has 0 N–H and O–H groups in total. The van der Waals surface area contributed by atoms with Gasteiger partial charge in [-0.3, -0.25) is 9.59 Å². The summed E-state index contributed by atoms with van der Waals surface area (Å²) in [6.07, 6.45) is 5.83. The average Bonchev–Trinajstić information content (AvgIpc) is 3.03. The Labute approximate surface area is 269 Å². The van der Waals surface area contributed by atoms with Gasteiger partial charge in [-0.05, 0) is 47.6 Å². The van der Waals surface area contributed by atoms with Gasteiger partial charge < -0.3 is 23.7 Å². The summed E-state index contributed by atoms with van der Waals surface area (Å²) in [4.78, 5) is 28.9. The SMILES string of the molecule is CCN(C(=O)c1cn(-c2cc(OC)cc(OCc3ccccc3C[S+](C)C)c2)c2cc(OC)ccc2c1=O)c1cc(F)cc(F)c1. The van der Waals surface area contributed by atoms with E-state index in [-0.39, 0.29) is 34.1 Å². The fraction of sp³-hybridized carbons (Fsp3) is 0.222. The van der Waals surface area contributed by atoms with Crippen LogP contribution in [0.1, 0.15) is 28.4 Å². The van der Waals surface area contributed by atoms with Crippen LogP contribution in [0.2, 0.25) is 0 Å². The van der Waals surface area contributed by atoms with Gasteiger partial charge in [-0.15, -0.1) is 0 Å². The molecule has 0 saturated carbocycles. The highest BCUT2D eigenvalue weighted by Crippen LogP contribution is 2.30. The Morgan fingerprint density at radius 3 is 2.17 bits per heavy atom. The summed E-state index contributed by atoms with van der Waals surface area (Å²) in [5, 5.41) is 0.252. The summed E-state index contributed by atoms with van der Waals surface area (Å²) >= 11 is 0. The van der Waals surface area contributed by atoms with Crippen molar-refractivity contribution < 1.29 is 27.8 Å². The van der Waals surface area contributed by atoms with Crippen molar-refractivity contribution in [1.29, 1.82) is 0 Å². The van der Waals surface area contributed by atoms with E-state index in [1.165, 1.54) is 18.9 Å². The molecule has 0 aliphatic carbocycles. The summed E-state index contributed by atoms with van der Waals surface area (Å²) in [5.74, 6) is 0.0995. The second kappa shape index (κ2) is 14.1. The van der Waals surface area contributed by atoms with Crippen LogP contribution in [0.15, 0.2) is 89.9 Å². The molecule has 7 nitrogen and oxygen atoms in total. The van der Waals surface area contributed by atoms with Crippen LogP contribution in [0, 0.1) is 11.6 Å². The highest BCUT2D eigenvalue weighted by Gasteiger charge is 2.24. The van der Waals surface area contributed by atoms with Crippen LogP contribution < -0.4 is 24.5 Å². The predicted octanol–water partition coefficient (Wildman–Crippen LogP) is 6.91. The van der Waals surface area contributed by atoms with Gasteiger partial charge >= 0.3 is 0 Å². The van der Waals surface area contributed by atoms with Crippen molar-refractivity contribution in [2.75, 3.05) is 38.2 Å². The second-order valence-corrected chi connectivity index (χ2v) is 13.1. The summed E-state index contributed by atoms with van der Waals surface area (Å²) in [5.41, 5.74) is 2.61. The van der Waals surface area contributed by atoms with E-state index in [9.17, 15) is 18.4 Å². The van der Waals surface area contributed by atoms with Crippen molar-refractivity contribution in [3.8, 4) is 22.9 Å². The minimum absolute atomic E-state index is 0.00104. The van der Waals surface area contributed by atoms with Crippen LogP contribution >= 0.6 is 0 Å². The van der Waals surface area contributed by atoms with Crippen LogP contribution in [0.5, 0.6) is 17.2 Å². The van der Waals surface area contributed by atoms with Gasteiger partial charge in [-0.1, -0.05) is 24.3 Å². The van der Waals surface area contributed by atoms with Gasteiger partial charge in [0, 0.05) is 59.7 Å². The lowest BCUT2D eigenvalue weighted by Gasteiger charge is -2.22. The Balaban J connectivity index is 1.63. The van der Waals surface area contributed by atoms with E-state index in [1.54, 1.807) is 55.0 Å². The first-order valence-corrected chi connectivity index (χ1v) is 16.8. The zero-order valence-corrected chi connectivity index (χ0v) is 27.1. The molecule has 0 unspecified atom stereocenters. The Kier molecular flexibility index (Phi) is 9.96. The highest BCUT2D eigenvalue weighted by atomic mass is 32.2. The molecule has 0 bridgehead atoms. The number of halogens is 2.